The van der Waals surface area contributed by atoms with Crippen LogP contribution in [0.2, 0.25) is 0 Å². The summed E-state index contributed by atoms with van der Waals surface area (Å²) >= 11 is 0. The Morgan fingerprint density at radius 2 is 1.89 bits per heavy atom. The summed E-state index contributed by atoms with van der Waals surface area (Å²) in [6, 6.07) is 7.41. The monoisotopic (exact) mass is 381 g/mol. The van der Waals surface area contributed by atoms with Gasteiger partial charge in [-0.05, 0) is 62.4 Å². The van der Waals surface area contributed by atoms with Gasteiger partial charge in [0.2, 0.25) is 0 Å². The highest BCUT2D eigenvalue weighted by Gasteiger charge is 2.26. The number of nitrogens with one attached hydrogen (secondary N) is 2. The van der Waals surface area contributed by atoms with Crippen molar-refractivity contribution in [2.24, 2.45) is 0 Å². The highest BCUT2D eigenvalue weighted by Crippen LogP contribution is 2.26. The lowest BCUT2D eigenvalue weighted by molar-refractivity contribution is 0.0792. The summed E-state index contributed by atoms with van der Waals surface area (Å²) in [6.07, 6.45) is 5.93. The molecule has 1 atom stereocenters. The topological polar surface area (TPSA) is 81.3 Å². The van der Waals surface area contributed by atoms with E-state index in [0.29, 0.717) is 18.0 Å². The lowest BCUT2D eigenvalue weighted by Gasteiger charge is -2.32. The fraction of sp³-hybridized carbons (Fsp3) is 0.476. The summed E-state index contributed by atoms with van der Waals surface area (Å²) in [5, 5.41) is 10.1. The normalized spacial score (nSPS) is 19.7. The second kappa shape index (κ2) is 8.04. The number of hydrogen-bond acceptors (Lipinski definition) is 3. The van der Waals surface area contributed by atoms with Crippen LogP contribution in [0.15, 0.2) is 30.5 Å². The van der Waals surface area contributed by atoms with Gasteiger partial charge in [0.25, 0.3) is 5.91 Å². The quantitative estimate of drug-likeness (QED) is 0.855. The second-order valence-corrected chi connectivity index (χ2v) is 7.76. The van der Waals surface area contributed by atoms with Crippen molar-refractivity contribution in [2.45, 2.75) is 38.5 Å². The molecule has 0 aliphatic carbocycles. The summed E-state index contributed by atoms with van der Waals surface area (Å²) in [6.45, 7) is 5.03. The van der Waals surface area contributed by atoms with Gasteiger partial charge in [-0.1, -0.05) is 0 Å². The number of likely N-dealkylation sites (tertiary alicyclic amines) is 2. The number of amides is 3. The minimum Gasteiger partial charge on any atom is -0.339 e. The summed E-state index contributed by atoms with van der Waals surface area (Å²) in [5.74, 6) is 0.375. The third-order valence-electron chi connectivity index (χ3n) is 5.78. The number of carbonyl (C=O) groups is 2. The summed E-state index contributed by atoms with van der Waals surface area (Å²) in [7, 11) is 0. The number of urea groups is 1. The molecule has 2 aliphatic rings. The molecular weight excluding hydrogens is 354 g/mol. The van der Waals surface area contributed by atoms with Crippen molar-refractivity contribution in [1.29, 1.82) is 0 Å². The lowest BCUT2D eigenvalue weighted by atomic mass is 9.95. The van der Waals surface area contributed by atoms with Crippen molar-refractivity contribution < 1.29 is 9.59 Å². The maximum Gasteiger partial charge on any atom is 0.321 e. The van der Waals surface area contributed by atoms with Gasteiger partial charge in [0, 0.05) is 55.2 Å². The van der Waals surface area contributed by atoms with Crippen molar-refractivity contribution in [1.82, 2.24) is 20.0 Å². The van der Waals surface area contributed by atoms with Crippen LogP contribution in [0, 0.1) is 6.92 Å². The number of benzene rings is 1. The van der Waals surface area contributed by atoms with E-state index in [2.05, 4.69) is 15.5 Å². The fourth-order valence-corrected chi connectivity index (χ4v) is 4.14. The van der Waals surface area contributed by atoms with Gasteiger partial charge in [-0.3, -0.25) is 9.89 Å². The largest absolute Gasteiger partial charge is 0.339 e. The molecule has 2 fully saturated rings. The number of aryl methyl sites for hydroxylation is 1. The first-order valence-corrected chi connectivity index (χ1v) is 10.1. The zero-order valence-electron chi connectivity index (χ0n) is 16.3. The van der Waals surface area contributed by atoms with Crippen LogP contribution < -0.4 is 5.32 Å². The number of carbonyl (C=O) groups excluding carboxylic acids is 2. The Morgan fingerprint density at radius 1 is 1.11 bits per heavy atom. The van der Waals surface area contributed by atoms with Gasteiger partial charge in [0.05, 0.1) is 0 Å². The molecule has 7 nitrogen and oxygen atoms in total. The molecule has 0 bridgehead atoms. The maximum absolute atomic E-state index is 12.8. The van der Waals surface area contributed by atoms with Crippen LogP contribution in [0.1, 0.15) is 53.2 Å². The Bertz CT molecular complexity index is 842. The maximum atomic E-state index is 12.8. The first-order chi connectivity index (χ1) is 13.6. The number of rotatable bonds is 3. The van der Waals surface area contributed by atoms with E-state index in [0.717, 1.165) is 62.3 Å². The number of hydrogen-bond donors (Lipinski definition) is 2. The number of piperidine rings is 1. The Kier molecular flexibility index (Phi) is 5.32. The molecule has 4 rings (SSSR count). The predicted molar refractivity (Wildman–Crippen MR) is 107 cm³/mol. The molecule has 0 unspecified atom stereocenters. The van der Waals surface area contributed by atoms with E-state index in [-0.39, 0.29) is 11.9 Å². The molecule has 2 saturated heterocycles. The van der Waals surface area contributed by atoms with Gasteiger partial charge in [0.1, 0.15) is 0 Å². The Balaban J connectivity index is 1.40. The fourth-order valence-electron chi connectivity index (χ4n) is 4.14. The molecule has 0 spiro atoms. The van der Waals surface area contributed by atoms with Gasteiger partial charge >= 0.3 is 6.03 Å². The van der Waals surface area contributed by atoms with E-state index in [1.54, 1.807) is 6.20 Å². The molecule has 2 N–H and O–H groups in total. The van der Waals surface area contributed by atoms with Crippen LogP contribution in [-0.4, -0.2) is 58.1 Å². The number of aromatic amines is 1. The summed E-state index contributed by atoms with van der Waals surface area (Å²) in [5.41, 5.74) is 3.43. The number of aromatic nitrogens is 2. The molecule has 2 aliphatic heterocycles. The first kappa shape index (κ1) is 18.5. The van der Waals surface area contributed by atoms with Gasteiger partial charge in [0.15, 0.2) is 0 Å². The standard InChI is InChI=1S/C21H27N5O2/c1-15-13-16(20(27)25-10-2-3-11-25)6-7-18(15)23-21(28)26-12-4-5-17(14-26)19-8-9-22-24-19/h6-9,13,17H,2-5,10-12,14H2,1H3,(H,22,24)(H,23,28)/t17-/m0/s1. The molecule has 2 aromatic rings. The molecule has 0 radical (unpaired) electrons. The molecule has 3 heterocycles. The third kappa shape index (κ3) is 3.88. The second-order valence-electron chi connectivity index (χ2n) is 7.76. The average molecular weight is 381 g/mol. The average Bonchev–Trinajstić information content (AvgIpc) is 3.43. The van der Waals surface area contributed by atoms with E-state index >= 15 is 0 Å². The molecule has 148 valence electrons. The van der Waals surface area contributed by atoms with Crippen LogP contribution >= 0.6 is 0 Å². The third-order valence-corrected chi connectivity index (χ3v) is 5.78. The van der Waals surface area contributed by atoms with Crippen LogP contribution in [-0.2, 0) is 0 Å². The first-order valence-electron chi connectivity index (χ1n) is 10.1. The van der Waals surface area contributed by atoms with E-state index in [4.69, 9.17) is 0 Å². The van der Waals surface area contributed by atoms with Crippen LogP contribution in [0.25, 0.3) is 0 Å². The highest BCUT2D eigenvalue weighted by atomic mass is 16.2. The Morgan fingerprint density at radius 3 is 2.61 bits per heavy atom. The van der Waals surface area contributed by atoms with Crippen molar-refractivity contribution in [3.05, 3.63) is 47.3 Å². The number of anilines is 1. The molecule has 1 aromatic heterocycles. The van der Waals surface area contributed by atoms with Gasteiger partial charge in [-0.2, -0.15) is 5.10 Å². The zero-order valence-corrected chi connectivity index (χ0v) is 16.3. The molecule has 1 aromatic carbocycles. The predicted octanol–water partition coefficient (Wildman–Crippen LogP) is 3.37. The molecule has 7 heteroatoms. The minimum atomic E-state index is -0.0917. The number of H-pyrrole nitrogens is 1. The lowest BCUT2D eigenvalue weighted by Crippen LogP contribution is -2.41. The van der Waals surface area contributed by atoms with E-state index in [1.807, 2.05) is 41.0 Å². The van der Waals surface area contributed by atoms with E-state index in [9.17, 15) is 9.59 Å². The summed E-state index contributed by atoms with van der Waals surface area (Å²) in [4.78, 5) is 29.1. The zero-order chi connectivity index (χ0) is 19.5. The molecule has 0 saturated carbocycles. The van der Waals surface area contributed by atoms with Gasteiger partial charge in [-0.15, -0.1) is 0 Å². The van der Waals surface area contributed by atoms with Gasteiger partial charge < -0.3 is 15.1 Å². The van der Waals surface area contributed by atoms with E-state index in [1.165, 1.54) is 0 Å². The van der Waals surface area contributed by atoms with Crippen LogP contribution in [0.5, 0.6) is 0 Å². The van der Waals surface area contributed by atoms with Crippen LogP contribution in [0.3, 0.4) is 0 Å². The van der Waals surface area contributed by atoms with Crippen LogP contribution in [0.4, 0.5) is 10.5 Å². The number of nitrogens with zero attached hydrogens (tertiary/aromatic N) is 3. The molecular formula is C21H27N5O2. The molecule has 3 amide bonds. The van der Waals surface area contributed by atoms with Crippen molar-refractivity contribution in [2.75, 3.05) is 31.5 Å². The Hall–Kier alpha value is -2.83. The van der Waals surface area contributed by atoms with E-state index < -0.39 is 0 Å². The van der Waals surface area contributed by atoms with Gasteiger partial charge in [-0.25, -0.2) is 4.79 Å². The Labute approximate surface area is 165 Å². The van der Waals surface area contributed by atoms with Crippen molar-refractivity contribution >= 4 is 17.6 Å². The van der Waals surface area contributed by atoms with Crippen molar-refractivity contribution in [3.8, 4) is 0 Å². The SMILES string of the molecule is Cc1cc(C(=O)N2CCCC2)ccc1NC(=O)N1CCC[C@H](c2ccn[nH]2)C1. The molecule has 28 heavy (non-hydrogen) atoms. The highest BCUT2D eigenvalue weighted by molar-refractivity contribution is 5.96. The smallest absolute Gasteiger partial charge is 0.321 e. The van der Waals surface area contributed by atoms with Crippen molar-refractivity contribution in [3.63, 3.8) is 0 Å². The minimum absolute atomic E-state index is 0.0805. The summed E-state index contributed by atoms with van der Waals surface area (Å²) < 4.78 is 0.